The molecule has 0 saturated carbocycles. The zero-order valence-corrected chi connectivity index (χ0v) is 26.2. The van der Waals surface area contributed by atoms with Gasteiger partial charge < -0.3 is 10.2 Å². The van der Waals surface area contributed by atoms with Crippen molar-refractivity contribution in [2.24, 2.45) is 0 Å². The minimum absolute atomic E-state index is 0.0227. The number of benzene rings is 3. The first kappa shape index (κ1) is 32.7. The number of carbonyl (C=O) groups is 2. The molecule has 3 aromatic carbocycles. The van der Waals surface area contributed by atoms with Gasteiger partial charge in [0.1, 0.15) is 12.6 Å². The third-order valence-electron chi connectivity index (χ3n) is 6.69. The summed E-state index contributed by atoms with van der Waals surface area (Å²) in [5.74, 6) is -0.981. The average molecular weight is 660 g/mol. The van der Waals surface area contributed by atoms with Gasteiger partial charge in [0.25, 0.3) is 5.69 Å². The number of sulfonamides is 1. The molecule has 0 fully saturated rings. The van der Waals surface area contributed by atoms with Gasteiger partial charge in [-0.05, 0) is 42.2 Å². The summed E-state index contributed by atoms with van der Waals surface area (Å²) < 4.78 is 27.6. The fraction of sp³-hybridized carbons (Fsp3) is 0.333. The maximum absolute atomic E-state index is 14.2. The van der Waals surface area contributed by atoms with Crippen molar-refractivity contribution in [3.63, 3.8) is 0 Å². The highest BCUT2D eigenvalue weighted by atomic mass is 79.9. The maximum Gasteiger partial charge on any atom is 0.271 e. The van der Waals surface area contributed by atoms with Gasteiger partial charge in [0.15, 0.2) is 0 Å². The summed E-state index contributed by atoms with van der Waals surface area (Å²) in [5, 5.41) is 14.4. The minimum Gasteiger partial charge on any atom is -0.354 e. The molecule has 2 amide bonds. The molecule has 3 aromatic rings. The van der Waals surface area contributed by atoms with E-state index in [0.29, 0.717) is 12.1 Å². The van der Waals surface area contributed by atoms with E-state index >= 15 is 0 Å². The van der Waals surface area contributed by atoms with E-state index in [4.69, 9.17) is 0 Å². The van der Waals surface area contributed by atoms with Crippen LogP contribution in [0.15, 0.2) is 77.3 Å². The van der Waals surface area contributed by atoms with Gasteiger partial charge in [-0.15, -0.1) is 0 Å². The molecule has 12 heteroatoms. The summed E-state index contributed by atoms with van der Waals surface area (Å²) in [6.07, 6.45) is 2.77. The lowest BCUT2D eigenvalue weighted by Crippen LogP contribution is -2.53. The molecule has 0 aliphatic heterocycles. The van der Waals surface area contributed by atoms with Gasteiger partial charge >= 0.3 is 0 Å². The van der Waals surface area contributed by atoms with Crippen molar-refractivity contribution in [3.8, 4) is 0 Å². The van der Waals surface area contributed by atoms with E-state index in [1.165, 1.54) is 17.0 Å². The largest absolute Gasteiger partial charge is 0.354 e. The molecule has 1 atom stereocenters. The van der Waals surface area contributed by atoms with Gasteiger partial charge in [-0.3, -0.25) is 24.0 Å². The number of carbonyl (C=O) groups excluding carboxylic acids is 2. The van der Waals surface area contributed by atoms with Crippen molar-refractivity contribution in [1.82, 2.24) is 10.2 Å². The normalized spacial score (nSPS) is 11.9. The van der Waals surface area contributed by atoms with Crippen molar-refractivity contribution in [1.29, 1.82) is 0 Å². The maximum atomic E-state index is 14.2. The van der Waals surface area contributed by atoms with Crippen LogP contribution in [-0.4, -0.2) is 55.4 Å². The van der Waals surface area contributed by atoms with E-state index < -0.39 is 33.4 Å². The average Bonchev–Trinajstić information content (AvgIpc) is 2.94. The number of nitro groups is 1. The monoisotopic (exact) mass is 658 g/mol. The second-order valence-electron chi connectivity index (χ2n) is 10.00. The summed E-state index contributed by atoms with van der Waals surface area (Å²) >= 11 is 3.45. The lowest BCUT2D eigenvalue weighted by atomic mass is 10.0. The molecule has 0 unspecified atom stereocenters. The minimum atomic E-state index is -4.06. The Morgan fingerprint density at radius 3 is 2.33 bits per heavy atom. The van der Waals surface area contributed by atoms with Gasteiger partial charge in [-0.25, -0.2) is 8.42 Å². The van der Waals surface area contributed by atoms with Crippen molar-refractivity contribution in [2.75, 3.05) is 23.7 Å². The predicted molar refractivity (Wildman–Crippen MR) is 167 cm³/mol. The van der Waals surface area contributed by atoms with E-state index in [1.807, 2.05) is 61.5 Å². The van der Waals surface area contributed by atoms with Crippen LogP contribution in [0.25, 0.3) is 0 Å². The molecule has 0 radical (unpaired) electrons. The lowest BCUT2D eigenvalue weighted by Gasteiger charge is -2.33. The third kappa shape index (κ3) is 9.12. The summed E-state index contributed by atoms with van der Waals surface area (Å²) in [6.45, 7) is 3.43. The number of unbranched alkanes of at least 4 members (excludes halogenated alkanes) is 1. The molecular weight excluding hydrogens is 624 g/mol. The number of hydrogen-bond donors (Lipinski definition) is 1. The molecule has 0 heterocycles. The number of rotatable bonds is 14. The van der Waals surface area contributed by atoms with Crippen LogP contribution in [0.2, 0.25) is 0 Å². The first-order valence-corrected chi connectivity index (χ1v) is 16.1. The Labute approximate surface area is 255 Å². The fourth-order valence-corrected chi connectivity index (χ4v) is 5.81. The van der Waals surface area contributed by atoms with Gasteiger partial charge in [-0.2, -0.15) is 0 Å². The van der Waals surface area contributed by atoms with E-state index in [0.717, 1.165) is 45.1 Å². The molecule has 1 N–H and O–H groups in total. The van der Waals surface area contributed by atoms with Crippen LogP contribution in [-0.2, 0) is 32.6 Å². The number of halogens is 1. The van der Waals surface area contributed by atoms with Crippen LogP contribution >= 0.6 is 15.9 Å². The second-order valence-corrected chi connectivity index (χ2v) is 12.8. The lowest BCUT2D eigenvalue weighted by molar-refractivity contribution is -0.384. The zero-order valence-electron chi connectivity index (χ0n) is 23.8. The number of aryl methyl sites for hydroxylation is 1. The van der Waals surface area contributed by atoms with Crippen molar-refractivity contribution >= 4 is 49.1 Å². The predicted octanol–water partition coefficient (Wildman–Crippen LogP) is 4.99. The SMILES string of the molecule is CCCCNC(=O)[C@@H](Cc1ccccc1)N(Cc1cccc(Br)c1)C(=O)CN(c1cc([N+](=O)[O-])ccc1C)S(C)(=O)=O. The van der Waals surface area contributed by atoms with Gasteiger partial charge in [0.05, 0.1) is 16.9 Å². The Hall–Kier alpha value is -3.77. The van der Waals surface area contributed by atoms with Crippen LogP contribution < -0.4 is 9.62 Å². The van der Waals surface area contributed by atoms with Crippen molar-refractivity contribution in [3.05, 3.63) is 104 Å². The highest BCUT2D eigenvalue weighted by Gasteiger charge is 2.33. The Kier molecular flexibility index (Phi) is 11.6. The summed E-state index contributed by atoms with van der Waals surface area (Å²) in [6, 6.07) is 19.5. The van der Waals surface area contributed by atoms with Crippen molar-refractivity contribution < 1.29 is 22.9 Å². The highest BCUT2D eigenvalue weighted by molar-refractivity contribution is 9.10. The molecule has 224 valence electrons. The van der Waals surface area contributed by atoms with E-state index in [2.05, 4.69) is 21.2 Å². The summed E-state index contributed by atoms with van der Waals surface area (Å²) in [5.41, 5.74) is 1.72. The number of non-ortho nitro benzene ring substituents is 1. The zero-order chi connectivity index (χ0) is 30.9. The Morgan fingerprint density at radius 1 is 1.02 bits per heavy atom. The number of anilines is 1. The summed E-state index contributed by atoms with van der Waals surface area (Å²) in [7, 11) is -4.06. The third-order valence-corrected chi connectivity index (χ3v) is 8.31. The molecule has 0 aliphatic carbocycles. The van der Waals surface area contributed by atoms with E-state index in [-0.39, 0.29) is 30.2 Å². The molecule has 0 aromatic heterocycles. The summed E-state index contributed by atoms with van der Waals surface area (Å²) in [4.78, 5) is 40.0. The van der Waals surface area contributed by atoms with Crippen LogP contribution in [0, 0.1) is 17.0 Å². The van der Waals surface area contributed by atoms with Gasteiger partial charge in [-0.1, -0.05) is 77.8 Å². The molecular formula is C30H35BrN4O6S. The first-order chi connectivity index (χ1) is 19.9. The number of amides is 2. The highest BCUT2D eigenvalue weighted by Crippen LogP contribution is 2.28. The van der Waals surface area contributed by atoms with Crippen molar-refractivity contribution in [2.45, 2.75) is 45.7 Å². The van der Waals surface area contributed by atoms with Crippen LogP contribution in [0.3, 0.4) is 0 Å². The Bertz CT molecular complexity index is 1520. The number of nitrogens with one attached hydrogen (secondary N) is 1. The smallest absolute Gasteiger partial charge is 0.271 e. The molecule has 0 bridgehead atoms. The van der Waals surface area contributed by atoms with Gasteiger partial charge in [0, 0.05) is 36.1 Å². The number of hydrogen-bond acceptors (Lipinski definition) is 6. The number of nitrogens with zero attached hydrogens (tertiary/aromatic N) is 3. The Morgan fingerprint density at radius 2 is 1.71 bits per heavy atom. The first-order valence-electron chi connectivity index (χ1n) is 13.5. The molecule has 10 nitrogen and oxygen atoms in total. The molecule has 0 spiro atoms. The molecule has 0 saturated heterocycles. The topological polar surface area (TPSA) is 130 Å². The second kappa shape index (κ2) is 14.9. The quantitative estimate of drug-likeness (QED) is 0.148. The van der Waals surface area contributed by atoms with Crippen LogP contribution in [0.4, 0.5) is 11.4 Å². The van der Waals surface area contributed by atoms with E-state index in [1.54, 1.807) is 6.92 Å². The fourth-order valence-electron chi connectivity index (χ4n) is 4.47. The molecule has 0 aliphatic rings. The van der Waals surface area contributed by atoms with Crippen LogP contribution in [0.1, 0.15) is 36.5 Å². The van der Waals surface area contributed by atoms with Crippen LogP contribution in [0.5, 0.6) is 0 Å². The van der Waals surface area contributed by atoms with Gasteiger partial charge in [0.2, 0.25) is 21.8 Å². The van der Waals surface area contributed by atoms with E-state index in [9.17, 15) is 28.1 Å². The molecule has 3 rings (SSSR count). The molecule has 42 heavy (non-hydrogen) atoms. The standard InChI is InChI=1S/C30H35BrN4O6S/c1-4-5-16-32-30(37)28(18-23-10-7-6-8-11-23)33(20-24-12-9-13-25(31)17-24)29(36)21-34(42(3,40)41)27-19-26(35(38)39)15-14-22(27)2/h6-15,17,19,28H,4-5,16,18,20-21H2,1-3H3,(H,32,37)/t28-/m1/s1. The Balaban J connectivity index is 2.09. The number of nitro benzene ring substituents is 1.